The van der Waals surface area contributed by atoms with E-state index < -0.39 is 15.9 Å². The van der Waals surface area contributed by atoms with E-state index in [0.29, 0.717) is 54.4 Å². The number of carbonyl (C=O) groups excluding carboxylic acids is 2. The van der Waals surface area contributed by atoms with Gasteiger partial charge < -0.3 is 10.2 Å². The Balaban J connectivity index is 1.92. The van der Waals surface area contributed by atoms with Crippen LogP contribution in [0.25, 0.3) is 5.70 Å². The van der Waals surface area contributed by atoms with E-state index in [-0.39, 0.29) is 17.3 Å². The Morgan fingerprint density at radius 1 is 0.971 bits per heavy atom. The summed E-state index contributed by atoms with van der Waals surface area (Å²) in [6.45, 7) is 13.3. The number of amides is 2. The second-order valence-corrected chi connectivity index (χ2v) is 9.81. The number of hydrogen-bond donors (Lipinski definition) is 1. The molecule has 0 unspecified atom stereocenters. The highest BCUT2D eigenvalue weighted by Gasteiger charge is 2.32. The van der Waals surface area contributed by atoms with Crippen LogP contribution < -0.4 is 10.2 Å². The highest BCUT2D eigenvalue weighted by molar-refractivity contribution is 7.89. The molecule has 0 fully saturated rings. The maximum Gasteiger partial charge on any atom is 0.259 e. The molecular weight excluding hydrogens is 452 g/mol. The highest BCUT2D eigenvalue weighted by Crippen LogP contribution is 2.32. The second-order valence-electron chi connectivity index (χ2n) is 7.87. The van der Waals surface area contributed by atoms with Crippen LogP contribution in [0.3, 0.4) is 0 Å². The maximum absolute atomic E-state index is 13.1. The minimum atomic E-state index is -3.71. The predicted octanol–water partition coefficient (Wildman–Crippen LogP) is 3.63. The lowest BCUT2D eigenvalue weighted by Crippen LogP contribution is -2.34. The van der Waals surface area contributed by atoms with E-state index in [4.69, 9.17) is 0 Å². The van der Waals surface area contributed by atoms with Crippen molar-refractivity contribution >= 4 is 38.9 Å². The number of carbonyl (C=O) groups is 2. The Morgan fingerprint density at radius 3 is 2.15 bits per heavy atom. The van der Waals surface area contributed by atoms with Gasteiger partial charge >= 0.3 is 0 Å². The Morgan fingerprint density at radius 2 is 1.59 bits per heavy atom. The smallest absolute Gasteiger partial charge is 0.259 e. The first-order chi connectivity index (χ1) is 16.2. The Kier molecular flexibility index (Phi) is 7.78. The SMILES string of the molecule is C=C1c2ccccc2C(=O)N1CC(=O)Nc1cc(S(=O)(=O)N(CC)CC)ccc1N(CC)CC. The van der Waals surface area contributed by atoms with Gasteiger partial charge in [0.15, 0.2) is 0 Å². The third-order valence-corrected chi connectivity index (χ3v) is 8.08. The Bertz CT molecular complexity index is 1170. The van der Waals surface area contributed by atoms with E-state index in [1.54, 1.807) is 44.2 Å². The first-order valence-electron chi connectivity index (χ1n) is 11.5. The van der Waals surface area contributed by atoms with Crippen molar-refractivity contribution in [1.29, 1.82) is 0 Å². The molecule has 3 rings (SSSR count). The molecule has 2 aromatic rings. The van der Waals surface area contributed by atoms with Gasteiger partial charge in [-0.1, -0.05) is 38.6 Å². The van der Waals surface area contributed by atoms with Crippen LogP contribution in [0.15, 0.2) is 53.9 Å². The van der Waals surface area contributed by atoms with Crippen LogP contribution in [-0.4, -0.2) is 62.2 Å². The first kappa shape index (κ1) is 25.5. The van der Waals surface area contributed by atoms with Gasteiger partial charge in [0.25, 0.3) is 5.91 Å². The summed E-state index contributed by atoms with van der Waals surface area (Å²) in [6.07, 6.45) is 0. The minimum Gasteiger partial charge on any atom is -0.370 e. The molecule has 0 radical (unpaired) electrons. The van der Waals surface area contributed by atoms with Gasteiger partial charge in [-0.3, -0.25) is 14.5 Å². The van der Waals surface area contributed by atoms with Gasteiger partial charge in [0, 0.05) is 43.0 Å². The number of fused-ring (bicyclic) bond motifs is 1. The Hall–Kier alpha value is -3.17. The van der Waals surface area contributed by atoms with Gasteiger partial charge in [-0.15, -0.1) is 0 Å². The standard InChI is InChI=1S/C25H32N4O4S/c1-6-27(7-2)23-15-14-19(34(32,33)28(8-3)9-4)16-22(23)26-24(30)17-29-18(5)20-12-10-11-13-21(20)25(29)31/h10-16H,5-9,17H2,1-4H3,(H,26,30). The first-order valence-corrected chi connectivity index (χ1v) is 12.9. The molecule has 9 heteroatoms. The number of rotatable bonds is 10. The van der Waals surface area contributed by atoms with E-state index in [1.165, 1.54) is 15.3 Å². The summed E-state index contributed by atoms with van der Waals surface area (Å²) >= 11 is 0. The topological polar surface area (TPSA) is 90.0 Å². The number of sulfonamides is 1. The van der Waals surface area contributed by atoms with E-state index in [9.17, 15) is 18.0 Å². The molecule has 2 aromatic carbocycles. The van der Waals surface area contributed by atoms with Gasteiger partial charge in [0.05, 0.1) is 16.3 Å². The summed E-state index contributed by atoms with van der Waals surface area (Å²) in [5, 5.41) is 2.84. The lowest BCUT2D eigenvalue weighted by molar-refractivity contribution is -0.116. The molecule has 1 N–H and O–H groups in total. The molecular formula is C25H32N4O4S. The highest BCUT2D eigenvalue weighted by atomic mass is 32.2. The molecule has 1 aliphatic rings. The van der Waals surface area contributed by atoms with Crippen molar-refractivity contribution in [2.24, 2.45) is 0 Å². The summed E-state index contributed by atoms with van der Waals surface area (Å²) in [5.41, 5.74) is 2.79. The van der Waals surface area contributed by atoms with E-state index in [2.05, 4.69) is 11.9 Å². The van der Waals surface area contributed by atoms with Crippen molar-refractivity contribution in [2.45, 2.75) is 32.6 Å². The number of anilines is 2. The fourth-order valence-corrected chi connectivity index (χ4v) is 5.65. The van der Waals surface area contributed by atoms with Crippen LogP contribution in [0.2, 0.25) is 0 Å². The molecule has 0 aromatic heterocycles. The van der Waals surface area contributed by atoms with Crippen LogP contribution >= 0.6 is 0 Å². The molecule has 0 spiro atoms. The monoisotopic (exact) mass is 484 g/mol. The summed E-state index contributed by atoms with van der Waals surface area (Å²) in [6, 6.07) is 11.9. The van der Waals surface area contributed by atoms with Gasteiger partial charge in [-0.2, -0.15) is 4.31 Å². The number of benzene rings is 2. The quantitative estimate of drug-likeness (QED) is 0.556. The van der Waals surface area contributed by atoms with Crippen LogP contribution in [-0.2, 0) is 14.8 Å². The van der Waals surface area contributed by atoms with Crippen LogP contribution in [0, 0.1) is 0 Å². The number of nitrogens with zero attached hydrogens (tertiary/aromatic N) is 3. The average molecular weight is 485 g/mol. The van der Waals surface area contributed by atoms with Crippen molar-refractivity contribution < 1.29 is 18.0 Å². The fraction of sp³-hybridized carbons (Fsp3) is 0.360. The zero-order valence-electron chi connectivity index (χ0n) is 20.2. The average Bonchev–Trinajstić information content (AvgIpc) is 3.06. The van der Waals surface area contributed by atoms with Crippen LogP contribution in [0.4, 0.5) is 11.4 Å². The van der Waals surface area contributed by atoms with Gasteiger partial charge in [-0.25, -0.2) is 8.42 Å². The summed E-state index contributed by atoms with van der Waals surface area (Å²) in [4.78, 5) is 29.3. The molecule has 1 heterocycles. The van der Waals surface area contributed by atoms with Crippen molar-refractivity contribution in [3.05, 3.63) is 60.2 Å². The summed E-state index contributed by atoms with van der Waals surface area (Å²) in [7, 11) is -3.71. The van der Waals surface area contributed by atoms with Crippen molar-refractivity contribution in [1.82, 2.24) is 9.21 Å². The molecule has 8 nitrogen and oxygen atoms in total. The molecule has 0 aliphatic carbocycles. The molecule has 34 heavy (non-hydrogen) atoms. The lowest BCUT2D eigenvalue weighted by atomic mass is 10.1. The summed E-state index contributed by atoms with van der Waals surface area (Å²) < 4.78 is 27.5. The molecule has 2 amide bonds. The predicted molar refractivity (Wildman–Crippen MR) is 135 cm³/mol. The normalized spacial score (nSPS) is 13.4. The zero-order valence-corrected chi connectivity index (χ0v) is 21.0. The molecule has 182 valence electrons. The molecule has 1 aliphatic heterocycles. The van der Waals surface area contributed by atoms with Gasteiger partial charge in [0.1, 0.15) is 6.54 Å². The lowest BCUT2D eigenvalue weighted by Gasteiger charge is -2.26. The van der Waals surface area contributed by atoms with E-state index in [0.717, 1.165) is 0 Å². The maximum atomic E-state index is 13.1. The number of nitrogens with one attached hydrogen (secondary N) is 1. The number of hydrogen-bond acceptors (Lipinski definition) is 5. The van der Waals surface area contributed by atoms with Crippen LogP contribution in [0.5, 0.6) is 0 Å². The van der Waals surface area contributed by atoms with Crippen molar-refractivity contribution in [2.75, 3.05) is 42.9 Å². The molecule has 0 bridgehead atoms. The molecule has 0 saturated heterocycles. The van der Waals surface area contributed by atoms with Gasteiger partial charge in [0.2, 0.25) is 15.9 Å². The third-order valence-electron chi connectivity index (χ3n) is 6.03. The second kappa shape index (κ2) is 10.4. The summed E-state index contributed by atoms with van der Waals surface area (Å²) in [5.74, 6) is -0.717. The van der Waals surface area contributed by atoms with Crippen LogP contribution in [0.1, 0.15) is 43.6 Å². The minimum absolute atomic E-state index is 0.108. The van der Waals surface area contributed by atoms with Gasteiger partial charge in [-0.05, 0) is 38.1 Å². The molecule has 0 saturated carbocycles. The molecule has 0 atom stereocenters. The Labute approximate surface area is 201 Å². The fourth-order valence-electron chi connectivity index (χ4n) is 4.16. The van der Waals surface area contributed by atoms with Crippen molar-refractivity contribution in [3.8, 4) is 0 Å². The van der Waals surface area contributed by atoms with E-state index in [1.807, 2.05) is 24.8 Å². The zero-order chi connectivity index (χ0) is 25.0. The van der Waals surface area contributed by atoms with E-state index >= 15 is 0 Å². The van der Waals surface area contributed by atoms with Crippen molar-refractivity contribution in [3.63, 3.8) is 0 Å². The largest absolute Gasteiger partial charge is 0.370 e. The third kappa shape index (κ3) is 4.71.